The van der Waals surface area contributed by atoms with Gasteiger partial charge in [0.1, 0.15) is 18.2 Å². The smallest absolute Gasteiger partial charge is 0.216 e. The summed E-state index contributed by atoms with van der Waals surface area (Å²) in [6, 6.07) is 32.4. The molecule has 0 spiro atoms. The molecule has 3 heteroatoms. The number of hydrogen-bond acceptors (Lipinski definition) is 1. The van der Waals surface area contributed by atoms with E-state index in [2.05, 4.69) is 19.6 Å². The van der Waals surface area contributed by atoms with E-state index in [1.54, 1.807) is 17.7 Å². The molecule has 0 unspecified atom stereocenters. The van der Waals surface area contributed by atoms with Gasteiger partial charge in [-0.3, -0.25) is 0 Å². The van der Waals surface area contributed by atoms with E-state index in [1.165, 1.54) is 23.5 Å². The minimum atomic E-state index is -2.79. The molecule has 7 aromatic rings. The first-order valence-corrected chi connectivity index (χ1v) is 19.0. The summed E-state index contributed by atoms with van der Waals surface area (Å²) in [5.41, 5.74) is 5.70. The third-order valence-corrected chi connectivity index (χ3v) is 11.0. The molecule has 0 aliphatic rings. The predicted octanol–water partition coefficient (Wildman–Crippen LogP) is 10.9. The Kier molecular flexibility index (Phi) is 5.17. The quantitative estimate of drug-likeness (QED) is 0.137. The number of hydrogen-bond donors (Lipinski definition) is 0. The number of furan rings is 1. The topological polar surface area (TPSA) is 17.0 Å². The van der Waals surface area contributed by atoms with Gasteiger partial charge in [-0.2, -0.15) is 0 Å². The van der Waals surface area contributed by atoms with Gasteiger partial charge in [0, 0.05) is 34.7 Å². The number of aryl methyl sites for hydroxylation is 5. The van der Waals surface area contributed by atoms with Crippen molar-refractivity contribution in [1.29, 1.82) is 0 Å². The second kappa shape index (κ2) is 11.3. The van der Waals surface area contributed by atoms with Crippen LogP contribution in [-0.2, 0) is 7.05 Å². The van der Waals surface area contributed by atoms with Crippen molar-refractivity contribution in [2.45, 2.75) is 47.1 Å². The second-order valence-corrected chi connectivity index (χ2v) is 18.3. The highest BCUT2D eigenvalue weighted by Gasteiger charge is 2.24. The Morgan fingerprint density at radius 2 is 1.26 bits per heavy atom. The molecule has 2 heterocycles. The van der Waals surface area contributed by atoms with Gasteiger partial charge < -0.3 is 4.42 Å². The highest BCUT2D eigenvalue weighted by atomic mass is 28.3. The van der Waals surface area contributed by atoms with E-state index in [4.69, 9.17) is 16.8 Å². The van der Waals surface area contributed by atoms with E-state index in [9.17, 15) is 0 Å². The first-order valence-electron chi connectivity index (χ1n) is 20.0. The van der Waals surface area contributed by atoms with Crippen LogP contribution in [0.2, 0.25) is 19.6 Å². The van der Waals surface area contributed by atoms with Crippen LogP contribution in [0, 0.1) is 27.5 Å². The van der Waals surface area contributed by atoms with Crippen LogP contribution in [0.1, 0.15) is 34.6 Å². The van der Waals surface area contributed by atoms with E-state index in [1.807, 2.05) is 91.9 Å². The van der Waals surface area contributed by atoms with Gasteiger partial charge in [-0.1, -0.05) is 110 Å². The van der Waals surface area contributed by atoms with Gasteiger partial charge in [-0.15, -0.1) is 0 Å². The molecular formula is C43H42NOSi+. The molecule has 0 amide bonds. The van der Waals surface area contributed by atoms with Crippen molar-refractivity contribution >= 4 is 35.2 Å². The normalized spacial score (nSPS) is 15.6. The lowest BCUT2D eigenvalue weighted by Gasteiger charge is -2.18. The zero-order chi connectivity index (χ0) is 39.8. The lowest BCUT2D eigenvalue weighted by atomic mass is 9.89. The first kappa shape index (κ1) is 21.1. The number of aromatic nitrogens is 1. The third kappa shape index (κ3) is 5.19. The Bertz CT molecular complexity index is 2560. The van der Waals surface area contributed by atoms with Crippen molar-refractivity contribution in [2.24, 2.45) is 7.05 Å². The summed E-state index contributed by atoms with van der Waals surface area (Å²) in [6.45, 7) is 0.306. The fourth-order valence-corrected chi connectivity index (χ4v) is 7.60. The summed E-state index contributed by atoms with van der Waals surface area (Å²) >= 11 is 0. The Morgan fingerprint density at radius 3 is 1.93 bits per heavy atom. The minimum absolute atomic E-state index is 0.0184. The summed E-state index contributed by atoms with van der Waals surface area (Å²) in [5.74, 6) is 0. The van der Waals surface area contributed by atoms with Crippen molar-refractivity contribution in [3.05, 3.63) is 132 Å². The van der Waals surface area contributed by atoms with Gasteiger partial charge in [0.2, 0.25) is 5.69 Å². The minimum Gasteiger partial charge on any atom is -0.455 e. The lowest BCUT2D eigenvalue weighted by Crippen LogP contribution is -2.37. The monoisotopic (exact) mass is 625 g/mol. The maximum absolute atomic E-state index is 8.70. The maximum Gasteiger partial charge on any atom is 0.216 e. The summed E-state index contributed by atoms with van der Waals surface area (Å²) in [5, 5.41) is 2.96. The van der Waals surface area contributed by atoms with Gasteiger partial charge in [-0.25, -0.2) is 4.57 Å². The summed E-state index contributed by atoms with van der Waals surface area (Å²) < 4.78 is 86.3. The number of nitrogens with zero attached hydrogens (tertiary/aromatic N) is 1. The van der Waals surface area contributed by atoms with Crippen molar-refractivity contribution in [3.8, 4) is 44.6 Å². The van der Waals surface area contributed by atoms with E-state index in [-0.39, 0.29) is 27.8 Å². The Labute approximate surface area is 286 Å². The summed E-state index contributed by atoms with van der Waals surface area (Å²) in [6.07, 6.45) is 1.46. The van der Waals surface area contributed by atoms with Crippen LogP contribution in [-0.4, -0.2) is 8.07 Å². The Balaban J connectivity index is 1.52. The van der Waals surface area contributed by atoms with Crippen molar-refractivity contribution < 1.29 is 21.3 Å². The molecule has 0 saturated heterocycles. The second-order valence-electron chi connectivity index (χ2n) is 13.2. The number of pyridine rings is 1. The molecule has 5 aromatic carbocycles. The Morgan fingerprint density at radius 1 is 0.609 bits per heavy atom. The van der Waals surface area contributed by atoms with Crippen LogP contribution in [0.5, 0.6) is 0 Å². The van der Waals surface area contributed by atoms with Gasteiger partial charge >= 0.3 is 0 Å². The van der Waals surface area contributed by atoms with Gasteiger partial charge in [0.15, 0.2) is 6.20 Å². The van der Waals surface area contributed by atoms with Crippen LogP contribution in [0.4, 0.5) is 0 Å². The molecule has 0 saturated carbocycles. The largest absolute Gasteiger partial charge is 0.455 e. The molecule has 46 heavy (non-hydrogen) atoms. The molecule has 0 aliphatic heterocycles. The molecule has 0 fully saturated rings. The SMILES string of the molecule is [2H]C([2H])([2H])c1c[n+](C)c(-c2c(C)ccc3c2oc2cc(-c4ccccc4)ccc23)cc1-c1c(C([2H])([2H])[2H])cc(-c2ccc([Si](C)(C)C)cc2)cc1C([2H])([2H])[2H]. The number of fused-ring (bicyclic) bond motifs is 3. The third-order valence-electron chi connectivity index (χ3n) is 8.98. The van der Waals surface area contributed by atoms with Gasteiger partial charge in [-0.05, 0) is 89.7 Å². The fourth-order valence-electron chi connectivity index (χ4n) is 6.43. The predicted molar refractivity (Wildman–Crippen MR) is 199 cm³/mol. The lowest BCUT2D eigenvalue weighted by molar-refractivity contribution is -0.660. The van der Waals surface area contributed by atoms with Gasteiger partial charge in [0.05, 0.1) is 13.6 Å². The zero-order valence-corrected chi connectivity index (χ0v) is 27.7. The molecule has 7 rings (SSSR count). The molecule has 2 nitrogen and oxygen atoms in total. The van der Waals surface area contributed by atoms with Crippen LogP contribution < -0.4 is 9.75 Å². The molecule has 0 aliphatic carbocycles. The van der Waals surface area contributed by atoms with Crippen LogP contribution >= 0.6 is 0 Å². The van der Waals surface area contributed by atoms with Crippen LogP contribution in [0.15, 0.2) is 114 Å². The molecule has 0 atom stereocenters. The molecule has 2 aromatic heterocycles. The zero-order valence-electron chi connectivity index (χ0n) is 35.7. The van der Waals surface area contributed by atoms with E-state index in [0.29, 0.717) is 33.6 Å². The number of rotatable bonds is 5. The van der Waals surface area contributed by atoms with Crippen molar-refractivity contribution in [2.75, 3.05) is 0 Å². The highest BCUT2D eigenvalue weighted by molar-refractivity contribution is 6.88. The van der Waals surface area contributed by atoms with E-state index >= 15 is 0 Å². The summed E-state index contributed by atoms with van der Waals surface area (Å²) in [4.78, 5) is 0. The highest BCUT2D eigenvalue weighted by Crippen LogP contribution is 2.40. The molecule has 0 N–H and O–H groups in total. The van der Waals surface area contributed by atoms with Crippen molar-refractivity contribution in [3.63, 3.8) is 0 Å². The fraction of sp³-hybridized carbons (Fsp3) is 0.186. The molecule has 0 bridgehead atoms. The van der Waals surface area contributed by atoms with E-state index < -0.39 is 28.6 Å². The summed E-state index contributed by atoms with van der Waals surface area (Å²) in [7, 11) is 0.0831. The molecular weight excluding hydrogens is 575 g/mol. The Hall–Kier alpha value is -4.73. The number of benzene rings is 5. The standard InChI is InChI=1S/C43H42NOSi/c1-27-14-20-37-36-21-17-33(31-12-10-9-11-13-31)24-40(36)45-43(37)42(27)39-25-38(30(4)26-44(39)5)41-28(2)22-34(23-29(41)3)32-15-18-35(19-16-32)46(6,7)8/h9-26H,1-8H3/q+1/i2D3,3D3,4D3. The maximum atomic E-state index is 8.70. The van der Waals surface area contributed by atoms with E-state index in [0.717, 1.165) is 27.5 Å². The van der Waals surface area contributed by atoms with Gasteiger partial charge in [0.25, 0.3) is 0 Å². The average molecular weight is 626 g/mol. The van der Waals surface area contributed by atoms with Crippen LogP contribution in [0.3, 0.4) is 0 Å². The molecule has 228 valence electrons. The first-order chi connectivity index (χ1) is 25.6. The van der Waals surface area contributed by atoms with Crippen LogP contribution in [0.25, 0.3) is 66.6 Å². The van der Waals surface area contributed by atoms with Crippen molar-refractivity contribution in [1.82, 2.24) is 0 Å². The average Bonchev–Trinajstić information content (AvgIpc) is 3.48. The molecule has 0 radical (unpaired) electrons.